The molecule has 5 heteroatoms. The lowest BCUT2D eigenvalue weighted by atomic mass is 9.87. The number of amides is 2. The summed E-state index contributed by atoms with van der Waals surface area (Å²) in [6, 6.07) is 11.2. The highest BCUT2D eigenvalue weighted by Crippen LogP contribution is 2.23. The Morgan fingerprint density at radius 1 is 1.23 bits per heavy atom. The van der Waals surface area contributed by atoms with E-state index >= 15 is 0 Å². The van der Waals surface area contributed by atoms with E-state index < -0.39 is 6.10 Å². The van der Waals surface area contributed by atoms with Gasteiger partial charge in [0.25, 0.3) is 0 Å². The minimum absolute atomic E-state index is 0.0889. The molecule has 0 aliphatic carbocycles. The van der Waals surface area contributed by atoms with Gasteiger partial charge >= 0.3 is 6.03 Å². The molecule has 0 aliphatic rings. The summed E-state index contributed by atoms with van der Waals surface area (Å²) in [6.45, 7) is 6.63. The number of nitrogens with one attached hydrogen (secondary N) is 2. The third-order valence-corrected chi connectivity index (χ3v) is 4.31. The molecule has 2 amide bonds. The van der Waals surface area contributed by atoms with Crippen molar-refractivity contribution in [2.45, 2.75) is 32.3 Å². The summed E-state index contributed by atoms with van der Waals surface area (Å²) in [5.74, 6) is 0. The number of carbonyl (C=O) groups excluding carboxylic acids is 1. The number of urea groups is 1. The first kappa shape index (κ1) is 16.5. The molecule has 1 atom stereocenters. The van der Waals surface area contributed by atoms with Gasteiger partial charge in [-0.15, -0.1) is 11.3 Å². The summed E-state index contributed by atoms with van der Waals surface area (Å²) in [7, 11) is 0. The lowest BCUT2D eigenvalue weighted by molar-refractivity contribution is 0.178. The van der Waals surface area contributed by atoms with Crippen molar-refractivity contribution in [3.63, 3.8) is 0 Å². The van der Waals surface area contributed by atoms with Crippen LogP contribution in [0, 0.1) is 0 Å². The number of hydrogen-bond donors (Lipinski definition) is 3. The van der Waals surface area contributed by atoms with Crippen LogP contribution in [0.3, 0.4) is 0 Å². The minimum atomic E-state index is -0.672. The highest BCUT2D eigenvalue weighted by Gasteiger charge is 2.13. The van der Waals surface area contributed by atoms with Crippen LogP contribution in [0.15, 0.2) is 41.8 Å². The van der Waals surface area contributed by atoms with Crippen LogP contribution in [0.2, 0.25) is 0 Å². The maximum Gasteiger partial charge on any atom is 0.319 e. The van der Waals surface area contributed by atoms with E-state index in [1.165, 1.54) is 16.9 Å². The van der Waals surface area contributed by atoms with Gasteiger partial charge in [0.1, 0.15) is 6.10 Å². The van der Waals surface area contributed by atoms with Gasteiger partial charge in [0.05, 0.1) is 6.54 Å². The van der Waals surface area contributed by atoms with E-state index in [4.69, 9.17) is 0 Å². The highest BCUT2D eigenvalue weighted by molar-refractivity contribution is 7.10. The van der Waals surface area contributed by atoms with E-state index in [-0.39, 0.29) is 18.0 Å². The molecule has 4 nitrogen and oxygen atoms in total. The summed E-state index contributed by atoms with van der Waals surface area (Å²) < 4.78 is 0. The predicted molar refractivity (Wildman–Crippen MR) is 91.4 cm³/mol. The van der Waals surface area contributed by atoms with Crippen molar-refractivity contribution in [2.24, 2.45) is 0 Å². The van der Waals surface area contributed by atoms with Crippen LogP contribution in [0.4, 0.5) is 10.5 Å². The number of anilines is 1. The summed E-state index contributed by atoms with van der Waals surface area (Å²) in [4.78, 5) is 12.7. The fourth-order valence-corrected chi connectivity index (χ4v) is 2.71. The molecule has 118 valence electrons. The van der Waals surface area contributed by atoms with Crippen LogP contribution in [0.5, 0.6) is 0 Å². The van der Waals surface area contributed by atoms with Crippen LogP contribution in [0.1, 0.15) is 37.3 Å². The van der Waals surface area contributed by atoms with Crippen molar-refractivity contribution < 1.29 is 9.90 Å². The molecule has 0 saturated carbocycles. The van der Waals surface area contributed by atoms with E-state index in [1.54, 1.807) is 0 Å². The lowest BCUT2D eigenvalue weighted by Crippen LogP contribution is -2.32. The van der Waals surface area contributed by atoms with E-state index in [1.807, 2.05) is 41.8 Å². The molecule has 0 spiro atoms. The van der Waals surface area contributed by atoms with Gasteiger partial charge in [-0.3, -0.25) is 0 Å². The summed E-state index contributed by atoms with van der Waals surface area (Å²) in [5.41, 5.74) is 2.04. The molecule has 0 fully saturated rings. The largest absolute Gasteiger partial charge is 0.386 e. The molecule has 0 radical (unpaired) electrons. The van der Waals surface area contributed by atoms with Crippen molar-refractivity contribution >= 4 is 23.1 Å². The Kier molecular flexibility index (Phi) is 5.21. The molecule has 1 aromatic carbocycles. The maximum absolute atomic E-state index is 11.8. The van der Waals surface area contributed by atoms with Gasteiger partial charge in [0.2, 0.25) is 0 Å². The maximum atomic E-state index is 11.8. The molecule has 0 saturated heterocycles. The molecular formula is C17H22N2O2S. The van der Waals surface area contributed by atoms with Gasteiger partial charge in [-0.1, -0.05) is 39.0 Å². The number of thiophene rings is 1. The second kappa shape index (κ2) is 6.94. The molecule has 2 rings (SSSR count). The van der Waals surface area contributed by atoms with Crippen molar-refractivity contribution in [1.29, 1.82) is 0 Å². The number of hydrogen-bond acceptors (Lipinski definition) is 3. The monoisotopic (exact) mass is 318 g/mol. The number of carbonyl (C=O) groups is 1. The first-order chi connectivity index (χ1) is 10.4. The first-order valence-electron chi connectivity index (χ1n) is 7.23. The van der Waals surface area contributed by atoms with E-state index in [9.17, 15) is 9.90 Å². The van der Waals surface area contributed by atoms with Crippen LogP contribution in [-0.4, -0.2) is 17.7 Å². The van der Waals surface area contributed by atoms with Crippen LogP contribution < -0.4 is 10.6 Å². The Hall–Kier alpha value is -1.85. The Labute approximate surface area is 135 Å². The van der Waals surface area contributed by atoms with Crippen LogP contribution in [-0.2, 0) is 5.41 Å². The van der Waals surface area contributed by atoms with Crippen molar-refractivity contribution in [1.82, 2.24) is 5.32 Å². The molecule has 0 bridgehead atoms. The smallest absolute Gasteiger partial charge is 0.319 e. The molecule has 1 unspecified atom stereocenters. The Balaban J connectivity index is 1.84. The average Bonchev–Trinajstić information content (AvgIpc) is 2.98. The topological polar surface area (TPSA) is 61.4 Å². The van der Waals surface area contributed by atoms with E-state index in [0.29, 0.717) is 0 Å². The zero-order chi connectivity index (χ0) is 16.2. The SMILES string of the molecule is CC(C)(C)c1ccc(NC(=O)NCC(O)c2cccs2)cc1. The van der Waals surface area contributed by atoms with Gasteiger partial charge < -0.3 is 15.7 Å². The molecule has 3 N–H and O–H groups in total. The van der Waals surface area contributed by atoms with Crippen molar-refractivity contribution in [3.05, 3.63) is 52.2 Å². The molecule has 22 heavy (non-hydrogen) atoms. The molecule has 2 aromatic rings. The number of rotatable bonds is 4. The lowest BCUT2D eigenvalue weighted by Gasteiger charge is -2.19. The third-order valence-electron chi connectivity index (χ3n) is 3.34. The van der Waals surface area contributed by atoms with Gasteiger partial charge in [-0.25, -0.2) is 4.79 Å². The fourth-order valence-electron chi connectivity index (χ4n) is 2.00. The van der Waals surface area contributed by atoms with Crippen molar-refractivity contribution in [3.8, 4) is 0 Å². The molecule has 0 aliphatic heterocycles. The summed E-state index contributed by atoms with van der Waals surface area (Å²) >= 11 is 1.47. The summed E-state index contributed by atoms with van der Waals surface area (Å²) in [5, 5.41) is 17.3. The average molecular weight is 318 g/mol. The number of aliphatic hydroxyl groups is 1. The van der Waals surface area contributed by atoms with Gasteiger partial charge in [-0.2, -0.15) is 0 Å². The number of benzene rings is 1. The Bertz CT molecular complexity index is 601. The standard InChI is InChI=1S/C17H22N2O2S/c1-17(2,3)12-6-8-13(9-7-12)19-16(21)18-11-14(20)15-5-4-10-22-15/h4-10,14,20H,11H2,1-3H3,(H2,18,19,21). The first-order valence-corrected chi connectivity index (χ1v) is 8.11. The molecular weight excluding hydrogens is 296 g/mol. The molecule has 1 heterocycles. The molecule has 1 aromatic heterocycles. The van der Waals surface area contributed by atoms with Crippen molar-refractivity contribution in [2.75, 3.05) is 11.9 Å². The minimum Gasteiger partial charge on any atom is -0.386 e. The van der Waals surface area contributed by atoms with Gasteiger partial charge in [-0.05, 0) is 34.6 Å². The van der Waals surface area contributed by atoms with Crippen LogP contribution >= 0.6 is 11.3 Å². The third kappa shape index (κ3) is 4.58. The van der Waals surface area contributed by atoms with E-state index in [2.05, 4.69) is 31.4 Å². The van der Waals surface area contributed by atoms with Crippen LogP contribution in [0.25, 0.3) is 0 Å². The van der Waals surface area contributed by atoms with Gasteiger partial charge in [0.15, 0.2) is 0 Å². The fraction of sp³-hybridized carbons (Fsp3) is 0.353. The second-order valence-electron chi connectivity index (χ2n) is 6.19. The van der Waals surface area contributed by atoms with E-state index in [0.717, 1.165) is 10.6 Å². The summed E-state index contributed by atoms with van der Waals surface area (Å²) in [6.07, 6.45) is -0.672. The zero-order valence-corrected chi connectivity index (χ0v) is 13.9. The Morgan fingerprint density at radius 2 is 1.91 bits per heavy atom. The predicted octanol–water partition coefficient (Wildman–Crippen LogP) is 3.90. The quantitative estimate of drug-likeness (QED) is 0.800. The second-order valence-corrected chi connectivity index (χ2v) is 7.17. The zero-order valence-electron chi connectivity index (χ0n) is 13.1. The van der Waals surface area contributed by atoms with Gasteiger partial charge in [0, 0.05) is 10.6 Å². The Morgan fingerprint density at radius 3 is 2.45 bits per heavy atom. The highest BCUT2D eigenvalue weighted by atomic mass is 32.1. The normalized spacial score (nSPS) is 12.7. The number of aliphatic hydroxyl groups excluding tert-OH is 1.